The summed E-state index contributed by atoms with van der Waals surface area (Å²) in [6, 6.07) is 0. The molecule has 4 heavy (non-hydrogen) atoms. The molecule has 0 aromatic rings. The maximum atomic E-state index is 0. The molecule has 4 heteroatoms. The van der Waals surface area contributed by atoms with Crippen LogP contribution in [-0.4, -0.2) is 17.6 Å². The molecule has 0 spiro atoms. The standard InChI is InChI=1S/Ge.2P.Zn/q+4;2*-3;+2. The van der Waals surface area contributed by atoms with Crippen molar-refractivity contribution in [3.8, 4) is 0 Å². The second-order valence-electron chi connectivity index (χ2n) is 0. The van der Waals surface area contributed by atoms with E-state index >= 15 is 0 Å². The zero-order valence-corrected chi connectivity index (χ0v) is 8.96. The van der Waals surface area contributed by atoms with E-state index in [-0.39, 0.29) is 56.9 Å². The van der Waals surface area contributed by atoms with Gasteiger partial charge in [0.15, 0.2) is 0 Å². The van der Waals surface area contributed by atoms with Crippen molar-refractivity contribution in [1.29, 1.82) is 0 Å². The van der Waals surface area contributed by atoms with E-state index in [1.54, 1.807) is 0 Å². The van der Waals surface area contributed by atoms with Gasteiger partial charge in [-0.3, -0.25) is 0 Å². The van der Waals surface area contributed by atoms with Crippen LogP contribution in [0.3, 0.4) is 0 Å². The summed E-state index contributed by atoms with van der Waals surface area (Å²) in [6.07, 6.45) is 0. The average Bonchev–Trinajstić information content (AvgIpc) is 0. The second kappa shape index (κ2) is 19.8. The van der Waals surface area contributed by atoms with Gasteiger partial charge in [0.25, 0.3) is 0 Å². The van der Waals surface area contributed by atoms with E-state index < -0.39 is 0 Å². The molecule has 16 valence electrons. The second-order valence-corrected chi connectivity index (χ2v) is 0. The number of hydrogen-bond acceptors (Lipinski definition) is 0. The van der Waals surface area contributed by atoms with Gasteiger partial charge >= 0.3 is 37.1 Å². The quantitative estimate of drug-likeness (QED) is 0.408. The molecule has 0 heterocycles. The Balaban J connectivity index is 0. The molecule has 0 rings (SSSR count). The van der Waals surface area contributed by atoms with Gasteiger partial charge in [-0.15, -0.1) is 0 Å². The summed E-state index contributed by atoms with van der Waals surface area (Å²) in [6.45, 7) is 0. The molecular weight excluding hydrogens is 200 g/mol. The van der Waals surface area contributed by atoms with E-state index in [0.29, 0.717) is 0 Å². The van der Waals surface area contributed by atoms with Crippen LogP contribution in [0.1, 0.15) is 0 Å². The van der Waals surface area contributed by atoms with E-state index in [0.717, 1.165) is 0 Å². The molecule has 0 radical (unpaired) electrons. The number of rotatable bonds is 0. The van der Waals surface area contributed by atoms with Crippen molar-refractivity contribution in [3.05, 3.63) is 0 Å². The van der Waals surface area contributed by atoms with Gasteiger partial charge in [-0.05, 0) is 0 Å². The van der Waals surface area contributed by atoms with Gasteiger partial charge in [0.05, 0.1) is 0 Å². The average molecular weight is 200 g/mol. The van der Waals surface area contributed by atoms with E-state index in [2.05, 4.69) is 0 Å². The Bertz CT molecular complexity index is 6.00. The minimum Gasteiger partial charge on any atom is -3.00 e. The van der Waals surface area contributed by atoms with Crippen LogP contribution >= 0.6 is 19.8 Å². The summed E-state index contributed by atoms with van der Waals surface area (Å²) >= 11 is 0. The van der Waals surface area contributed by atoms with Gasteiger partial charge in [0.2, 0.25) is 0 Å². The third-order valence-corrected chi connectivity index (χ3v) is 0. The van der Waals surface area contributed by atoms with Gasteiger partial charge in [0, 0.05) is 0 Å². The van der Waals surface area contributed by atoms with Crippen molar-refractivity contribution in [2.24, 2.45) is 0 Å². The Hall–Kier alpha value is 2.03. The molecule has 0 amide bonds. The molecule has 0 aliphatic heterocycles. The predicted octanol–water partition coefficient (Wildman–Crippen LogP) is 1.34. The van der Waals surface area contributed by atoms with Crippen LogP contribution in [0.25, 0.3) is 0 Å². The molecule has 0 aromatic carbocycles. The minimum absolute atomic E-state index is 0. The Kier molecular flexibility index (Phi) is 184. The molecule has 0 aliphatic carbocycles. The van der Waals surface area contributed by atoms with E-state index in [1.807, 2.05) is 0 Å². The van der Waals surface area contributed by atoms with Gasteiger partial charge in [0.1, 0.15) is 0 Å². The Morgan fingerprint density at radius 3 is 0.750 bits per heavy atom. The fourth-order valence-electron chi connectivity index (χ4n) is 0. The maximum absolute atomic E-state index is 0. The van der Waals surface area contributed by atoms with Crippen LogP contribution in [0.4, 0.5) is 0 Å². The molecule has 0 bridgehead atoms. The molecule has 0 aliphatic rings. The van der Waals surface area contributed by atoms with Crippen molar-refractivity contribution in [1.82, 2.24) is 0 Å². The summed E-state index contributed by atoms with van der Waals surface area (Å²) in [4.78, 5) is 0. The molecule has 0 saturated heterocycles. The van der Waals surface area contributed by atoms with Crippen molar-refractivity contribution in [2.75, 3.05) is 0 Å². The molecular formula is GeP2Zn. The SMILES string of the molecule is [Ge+4].[P-3].[P-3].[Zn+2]. The fourth-order valence-corrected chi connectivity index (χ4v) is 0. The predicted molar refractivity (Wildman–Crippen MR) is 19.6 cm³/mol. The van der Waals surface area contributed by atoms with Gasteiger partial charge in [-0.2, -0.15) is 0 Å². The molecule has 0 unspecified atom stereocenters. The smallest absolute Gasteiger partial charge is 3.00 e. The topological polar surface area (TPSA) is 0 Å². The number of hydrogen-bond donors (Lipinski definition) is 0. The molecule has 0 nitrogen and oxygen atoms in total. The minimum atomic E-state index is 0. The van der Waals surface area contributed by atoms with Crippen molar-refractivity contribution in [2.45, 2.75) is 0 Å². The monoisotopic (exact) mass is 200 g/mol. The summed E-state index contributed by atoms with van der Waals surface area (Å²) in [5.74, 6) is 0. The zero-order valence-electron chi connectivity index (χ0n) is 2.10. The van der Waals surface area contributed by atoms with Gasteiger partial charge in [-0.1, -0.05) is 0 Å². The summed E-state index contributed by atoms with van der Waals surface area (Å²) < 4.78 is 0. The molecule has 0 atom stereocenters. The van der Waals surface area contributed by atoms with Crippen LogP contribution in [0, 0.1) is 0 Å². The summed E-state index contributed by atoms with van der Waals surface area (Å²) in [5, 5.41) is 0. The first kappa shape index (κ1) is 37.1. The first-order valence-electron chi connectivity index (χ1n) is 0. The maximum Gasteiger partial charge on any atom is 4.00 e. The molecule has 0 aromatic heterocycles. The van der Waals surface area contributed by atoms with Crippen LogP contribution in [-0.2, 0) is 19.5 Å². The molecule has 0 N–H and O–H groups in total. The third kappa shape index (κ3) is 8.98. The summed E-state index contributed by atoms with van der Waals surface area (Å²) in [5.41, 5.74) is 0. The van der Waals surface area contributed by atoms with E-state index in [1.165, 1.54) is 0 Å². The van der Waals surface area contributed by atoms with E-state index in [9.17, 15) is 0 Å². The van der Waals surface area contributed by atoms with Gasteiger partial charge < -0.3 is 19.8 Å². The Morgan fingerprint density at radius 1 is 0.750 bits per heavy atom. The zero-order chi connectivity index (χ0) is 0. The van der Waals surface area contributed by atoms with Crippen molar-refractivity contribution < 1.29 is 19.5 Å². The molecule has 0 saturated carbocycles. The van der Waals surface area contributed by atoms with Crippen molar-refractivity contribution >= 4 is 37.4 Å². The Morgan fingerprint density at radius 2 is 0.750 bits per heavy atom. The Labute approximate surface area is 56.9 Å². The third-order valence-electron chi connectivity index (χ3n) is 0. The van der Waals surface area contributed by atoms with Gasteiger partial charge in [-0.25, -0.2) is 0 Å². The normalized spacial score (nSPS) is 0. The first-order valence-corrected chi connectivity index (χ1v) is 0. The van der Waals surface area contributed by atoms with Crippen LogP contribution in [0.2, 0.25) is 0 Å². The van der Waals surface area contributed by atoms with Crippen LogP contribution in [0.15, 0.2) is 0 Å². The fraction of sp³-hybridized carbons (Fsp3) is 0. The molecule has 0 fully saturated rings. The largest absolute Gasteiger partial charge is 4.00 e. The van der Waals surface area contributed by atoms with Crippen LogP contribution in [0.5, 0.6) is 0 Å². The van der Waals surface area contributed by atoms with E-state index in [4.69, 9.17) is 0 Å². The first-order chi connectivity index (χ1) is 0. The van der Waals surface area contributed by atoms with Crippen LogP contribution < -0.4 is 0 Å². The summed E-state index contributed by atoms with van der Waals surface area (Å²) in [7, 11) is 0. The van der Waals surface area contributed by atoms with Crippen molar-refractivity contribution in [3.63, 3.8) is 0 Å².